The van der Waals surface area contributed by atoms with E-state index in [-0.39, 0.29) is 0 Å². The number of hydrogen-bond acceptors (Lipinski definition) is 3. The SMILES string of the molecule is SCC=Cc1ccccc1N1CCOCC1. The van der Waals surface area contributed by atoms with Crippen LogP contribution >= 0.6 is 12.6 Å². The predicted molar refractivity (Wildman–Crippen MR) is 72.4 cm³/mol. The van der Waals surface area contributed by atoms with Crippen LogP contribution in [0.2, 0.25) is 0 Å². The number of morpholine rings is 1. The van der Waals surface area contributed by atoms with E-state index >= 15 is 0 Å². The summed E-state index contributed by atoms with van der Waals surface area (Å²) in [6.07, 6.45) is 4.21. The molecule has 0 spiro atoms. The molecule has 1 aliphatic heterocycles. The number of thiol groups is 1. The summed E-state index contributed by atoms with van der Waals surface area (Å²) >= 11 is 4.19. The average Bonchev–Trinajstić information content (AvgIpc) is 2.38. The van der Waals surface area contributed by atoms with E-state index in [4.69, 9.17) is 4.74 Å². The van der Waals surface area contributed by atoms with Gasteiger partial charge in [-0.25, -0.2) is 0 Å². The van der Waals surface area contributed by atoms with Crippen LogP contribution in [0.5, 0.6) is 0 Å². The summed E-state index contributed by atoms with van der Waals surface area (Å²) in [5.74, 6) is 0.775. The van der Waals surface area contributed by atoms with Crippen molar-refractivity contribution in [1.29, 1.82) is 0 Å². The quantitative estimate of drug-likeness (QED) is 0.808. The second-order valence-electron chi connectivity index (χ2n) is 3.74. The number of anilines is 1. The van der Waals surface area contributed by atoms with Crippen LogP contribution in [0.15, 0.2) is 30.3 Å². The van der Waals surface area contributed by atoms with Crippen molar-refractivity contribution in [2.24, 2.45) is 0 Å². The summed E-state index contributed by atoms with van der Waals surface area (Å²) in [7, 11) is 0. The van der Waals surface area contributed by atoms with Crippen molar-refractivity contribution in [3.63, 3.8) is 0 Å². The number of ether oxygens (including phenoxy) is 1. The van der Waals surface area contributed by atoms with Crippen LogP contribution in [0.3, 0.4) is 0 Å². The van der Waals surface area contributed by atoms with Gasteiger partial charge < -0.3 is 9.64 Å². The lowest BCUT2D eigenvalue weighted by molar-refractivity contribution is 0.122. The fourth-order valence-corrected chi connectivity index (χ4v) is 2.01. The van der Waals surface area contributed by atoms with Crippen LogP contribution in [0.1, 0.15) is 5.56 Å². The molecule has 0 radical (unpaired) electrons. The third kappa shape index (κ3) is 2.80. The van der Waals surface area contributed by atoms with Crippen LogP contribution in [-0.2, 0) is 4.74 Å². The van der Waals surface area contributed by atoms with Gasteiger partial charge in [0, 0.05) is 24.5 Å². The highest BCUT2D eigenvalue weighted by Gasteiger charge is 2.12. The van der Waals surface area contributed by atoms with Crippen molar-refractivity contribution in [1.82, 2.24) is 0 Å². The number of benzene rings is 1. The van der Waals surface area contributed by atoms with Gasteiger partial charge >= 0.3 is 0 Å². The summed E-state index contributed by atoms with van der Waals surface area (Å²) in [4.78, 5) is 2.38. The van der Waals surface area contributed by atoms with Crippen molar-refractivity contribution in [2.75, 3.05) is 37.0 Å². The molecule has 0 bridgehead atoms. The third-order valence-corrected chi connectivity index (χ3v) is 2.90. The first-order valence-corrected chi connectivity index (χ1v) is 6.24. The molecule has 2 rings (SSSR count). The van der Waals surface area contributed by atoms with E-state index in [2.05, 4.69) is 53.9 Å². The Kier molecular flexibility index (Phi) is 4.31. The first kappa shape index (κ1) is 11.6. The van der Waals surface area contributed by atoms with E-state index in [1.807, 2.05) is 0 Å². The Hall–Kier alpha value is -0.930. The lowest BCUT2D eigenvalue weighted by Gasteiger charge is -2.30. The number of hydrogen-bond donors (Lipinski definition) is 1. The number of nitrogens with zero attached hydrogens (tertiary/aromatic N) is 1. The van der Waals surface area contributed by atoms with Crippen LogP contribution in [-0.4, -0.2) is 32.1 Å². The van der Waals surface area contributed by atoms with Gasteiger partial charge in [0.25, 0.3) is 0 Å². The number of para-hydroxylation sites is 1. The molecular weight excluding hydrogens is 218 g/mol. The minimum Gasteiger partial charge on any atom is -0.378 e. The summed E-state index contributed by atoms with van der Waals surface area (Å²) in [6.45, 7) is 3.60. The van der Waals surface area contributed by atoms with Crippen LogP contribution in [0.25, 0.3) is 6.08 Å². The van der Waals surface area contributed by atoms with E-state index in [0.717, 1.165) is 32.1 Å². The zero-order valence-corrected chi connectivity index (χ0v) is 10.2. The molecule has 0 amide bonds. The van der Waals surface area contributed by atoms with E-state index in [1.165, 1.54) is 11.3 Å². The minimum absolute atomic E-state index is 0.775. The van der Waals surface area contributed by atoms with E-state index in [0.29, 0.717) is 0 Å². The lowest BCUT2D eigenvalue weighted by atomic mass is 10.1. The van der Waals surface area contributed by atoms with Gasteiger partial charge in [0.15, 0.2) is 0 Å². The largest absolute Gasteiger partial charge is 0.378 e. The molecule has 0 aromatic heterocycles. The maximum atomic E-state index is 5.37. The molecule has 1 aliphatic rings. The molecular formula is C13H17NOS. The molecule has 0 saturated carbocycles. The van der Waals surface area contributed by atoms with Gasteiger partial charge in [-0.1, -0.05) is 30.4 Å². The molecule has 3 heteroatoms. The Morgan fingerprint density at radius 1 is 1.25 bits per heavy atom. The van der Waals surface area contributed by atoms with Crippen molar-refractivity contribution in [2.45, 2.75) is 0 Å². The van der Waals surface area contributed by atoms with Crippen LogP contribution < -0.4 is 4.90 Å². The molecule has 86 valence electrons. The molecule has 0 unspecified atom stereocenters. The highest BCUT2D eigenvalue weighted by Crippen LogP contribution is 2.22. The van der Waals surface area contributed by atoms with E-state index in [1.54, 1.807) is 0 Å². The Morgan fingerprint density at radius 3 is 2.75 bits per heavy atom. The summed E-state index contributed by atoms with van der Waals surface area (Å²) in [5, 5.41) is 0. The molecule has 1 aromatic carbocycles. The third-order valence-electron chi connectivity index (χ3n) is 2.69. The van der Waals surface area contributed by atoms with Crippen LogP contribution in [0, 0.1) is 0 Å². The molecule has 2 nitrogen and oxygen atoms in total. The van der Waals surface area contributed by atoms with Gasteiger partial charge in [-0.3, -0.25) is 0 Å². The fourth-order valence-electron chi connectivity index (χ4n) is 1.90. The smallest absolute Gasteiger partial charge is 0.0642 e. The topological polar surface area (TPSA) is 12.5 Å². The predicted octanol–water partition coefficient (Wildman–Crippen LogP) is 2.47. The van der Waals surface area contributed by atoms with Gasteiger partial charge in [-0.05, 0) is 11.6 Å². The highest BCUT2D eigenvalue weighted by atomic mass is 32.1. The molecule has 0 N–H and O–H groups in total. The Labute approximate surface area is 102 Å². The average molecular weight is 235 g/mol. The summed E-state index contributed by atoms with van der Waals surface area (Å²) in [6, 6.07) is 8.47. The lowest BCUT2D eigenvalue weighted by Crippen LogP contribution is -2.36. The second-order valence-corrected chi connectivity index (χ2v) is 4.11. The highest BCUT2D eigenvalue weighted by molar-refractivity contribution is 7.80. The Bertz CT molecular complexity index is 359. The van der Waals surface area contributed by atoms with Gasteiger partial charge in [0.1, 0.15) is 0 Å². The van der Waals surface area contributed by atoms with Crippen molar-refractivity contribution in [3.05, 3.63) is 35.9 Å². The van der Waals surface area contributed by atoms with Gasteiger partial charge in [-0.2, -0.15) is 12.6 Å². The summed E-state index contributed by atoms with van der Waals surface area (Å²) < 4.78 is 5.37. The second kappa shape index (κ2) is 5.97. The van der Waals surface area contributed by atoms with Crippen molar-refractivity contribution >= 4 is 24.4 Å². The fraction of sp³-hybridized carbons (Fsp3) is 0.385. The van der Waals surface area contributed by atoms with E-state index < -0.39 is 0 Å². The number of rotatable bonds is 3. The Morgan fingerprint density at radius 2 is 2.00 bits per heavy atom. The molecule has 0 atom stereocenters. The van der Waals surface area contributed by atoms with E-state index in [9.17, 15) is 0 Å². The zero-order chi connectivity index (χ0) is 11.2. The van der Waals surface area contributed by atoms with Crippen molar-refractivity contribution in [3.8, 4) is 0 Å². The monoisotopic (exact) mass is 235 g/mol. The van der Waals surface area contributed by atoms with Crippen LogP contribution in [0.4, 0.5) is 5.69 Å². The van der Waals surface area contributed by atoms with Gasteiger partial charge in [0.2, 0.25) is 0 Å². The minimum atomic E-state index is 0.775. The standard InChI is InChI=1S/C13H17NOS/c16-11-3-5-12-4-1-2-6-13(12)14-7-9-15-10-8-14/h1-6,16H,7-11H2. The molecule has 1 heterocycles. The molecule has 0 aliphatic carbocycles. The zero-order valence-electron chi connectivity index (χ0n) is 9.30. The maximum absolute atomic E-state index is 5.37. The first-order chi connectivity index (χ1) is 7.92. The normalized spacial score (nSPS) is 16.9. The maximum Gasteiger partial charge on any atom is 0.0642 e. The summed E-state index contributed by atoms with van der Waals surface area (Å²) in [5.41, 5.74) is 2.56. The Balaban J connectivity index is 2.20. The molecule has 16 heavy (non-hydrogen) atoms. The molecule has 1 fully saturated rings. The van der Waals surface area contributed by atoms with Gasteiger partial charge in [-0.15, -0.1) is 0 Å². The van der Waals surface area contributed by atoms with Gasteiger partial charge in [0.05, 0.1) is 13.2 Å². The first-order valence-electron chi connectivity index (χ1n) is 5.61. The molecule has 1 saturated heterocycles. The van der Waals surface area contributed by atoms with Crippen molar-refractivity contribution < 1.29 is 4.74 Å². The molecule has 1 aromatic rings.